The van der Waals surface area contributed by atoms with Crippen LogP contribution in [-0.4, -0.2) is 13.2 Å². The standard InChI is InChI=1S/C18H22BrNO/c1-4-20-18(16-12-14(19)11-10-13(16)3)15-8-6-7-9-17(15)21-5-2/h6-12,18,20H,4-5H2,1-3H3. The number of aryl methyl sites for hydroxylation is 1. The van der Waals surface area contributed by atoms with Crippen LogP contribution in [0.4, 0.5) is 0 Å². The van der Waals surface area contributed by atoms with Gasteiger partial charge in [-0.15, -0.1) is 0 Å². The van der Waals surface area contributed by atoms with Crippen LogP contribution >= 0.6 is 15.9 Å². The summed E-state index contributed by atoms with van der Waals surface area (Å²) in [5.41, 5.74) is 3.73. The largest absolute Gasteiger partial charge is 0.494 e. The van der Waals surface area contributed by atoms with Crippen molar-refractivity contribution in [3.8, 4) is 5.75 Å². The maximum atomic E-state index is 5.80. The van der Waals surface area contributed by atoms with Crippen molar-refractivity contribution in [2.45, 2.75) is 26.8 Å². The van der Waals surface area contributed by atoms with Crippen molar-refractivity contribution >= 4 is 15.9 Å². The maximum absolute atomic E-state index is 5.80. The van der Waals surface area contributed by atoms with Crippen molar-refractivity contribution in [2.75, 3.05) is 13.2 Å². The molecule has 0 spiro atoms. The van der Waals surface area contributed by atoms with E-state index in [1.165, 1.54) is 16.7 Å². The van der Waals surface area contributed by atoms with Gasteiger partial charge in [0.05, 0.1) is 12.6 Å². The summed E-state index contributed by atoms with van der Waals surface area (Å²) in [5.74, 6) is 0.949. The third kappa shape index (κ3) is 3.86. The molecule has 0 saturated heterocycles. The van der Waals surface area contributed by atoms with Crippen LogP contribution in [-0.2, 0) is 0 Å². The minimum absolute atomic E-state index is 0.134. The van der Waals surface area contributed by atoms with E-state index in [1.54, 1.807) is 0 Å². The van der Waals surface area contributed by atoms with Crippen molar-refractivity contribution in [3.05, 3.63) is 63.6 Å². The zero-order valence-corrected chi connectivity index (χ0v) is 14.4. The Morgan fingerprint density at radius 3 is 2.57 bits per heavy atom. The number of hydrogen-bond acceptors (Lipinski definition) is 2. The van der Waals surface area contributed by atoms with Crippen LogP contribution in [0.2, 0.25) is 0 Å². The van der Waals surface area contributed by atoms with Crippen molar-refractivity contribution in [3.63, 3.8) is 0 Å². The number of nitrogens with one attached hydrogen (secondary N) is 1. The Labute approximate surface area is 135 Å². The Morgan fingerprint density at radius 1 is 1.10 bits per heavy atom. The molecule has 0 aromatic heterocycles. The van der Waals surface area contributed by atoms with Gasteiger partial charge in [0.15, 0.2) is 0 Å². The lowest BCUT2D eigenvalue weighted by atomic mass is 9.94. The first-order valence-electron chi connectivity index (χ1n) is 7.38. The molecule has 0 aliphatic rings. The lowest BCUT2D eigenvalue weighted by Crippen LogP contribution is -2.23. The summed E-state index contributed by atoms with van der Waals surface area (Å²) >= 11 is 3.58. The van der Waals surface area contributed by atoms with E-state index in [4.69, 9.17) is 4.74 Å². The monoisotopic (exact) mass is 347 g/mol. The molecule has 1 atom stereocenters. The third-order valence-electron chi connectivity index (χ3n) is 3.49. The second kappa shape index (κ2) is 7.62. The van der Waals surface area contributed by atoms with E-state index in [9.17, 15) is 0 Å². The fourth-order valence-electron chi connectivity index (χ4n) is 2.52. The molecule has 0 fully saturated rings. The molecule has 0 radical (unpaired) electrons. The van der Waals surface area contributed by atoms with Gasteiger partial charge in [-0.05, 0) is 49.7 Å². The molecule has 3 heteroatoms. The number of benzene rings is 2. The quantitative estimate of drug-likeness (QED) is 0.805. The molecule has 0 heterocycles. The number of rotatable bonds is 6. The Kier molecular flexibility index (Phi) is 5.83. The Hall–Kier alpha value is -1.32. The van der Waals surface area contributed by atoms with E-state index >= 15 is 0 Å². The van der Waals surface area contributed by atoms with Gasteiger partial charge in [0, 0.05) is 10.0 Å². The van der Waals surface area contributed by atoms with Gasteiger partial charge in [0.2, 0.25) is 0 Å². The molecule has 1 N–H and O–H groups in total. The van der Waals surface area contributed by atoms with Crippen LogP contribution in [0.25, 0.3) is 0 Å². The van der Waals surface area contributed by atoms with Crippen LogP contribution in [0, 0.1) is 6.92 Å². The summed E-state index contributed by atoms with van der Waals surface area (Å²) < 4.78 is 6.90. The van der Waals surface area contributed by atoms with Crippen LogP contribution in [0.15, 0.2) is 46.9 Å². The van der Waals surface area contributed by atoms with Crippen molar-refractivity contribution in [2.24, 2.45) is 0 Å². The van der Waals surface area contributed by atoms with E-state index in [0.717, 1.165) is 16.8 Å². The van der Waals surface area contributed by atoms with Gasteiger partial charge in [0.1, 0.15) is 5.75 Å². The molecule has 0 aliphatic heterocycles. The van der Waals surface area contributed by atoms with Crippen LogP contribution in [0.5, 0.6) is 5.75 Å². The SMILES string of the molecule is CCNC(c1cc(Br)ccc1C)c1ccccc1OCC. The lowest BCUT2D eigenvalue weighted by molar-refractivity contribution is 0.333. The molecule has 0 amide bonds. The Morgan fingerprint density at radius 2 is 1.86 bits per heavy atom. The van der Waals surface area contributed by atoms with Gasteiger partial charge in [-0.25, -0.2) is 0 Å². The first kappa shape index (κ1) is 16.1. The third-order valence-corrected chi connectivity index (χ3v) is 3.98. The zero-order chi connectivity index (χ0) is 15.2. The molecule has 1 unspecified atom stereocenters. The first-order chi connectivity index (χ1) is 10.2. The molecule has 0 saturated carbocycles. The highest BCUT2D eigenvalue weighted by Gasteiger charge is 2.19. The first-order valence-corrected chi connectivity index (χ1v) is 8.17. The van der Waals surface area contributed by atoms with Gasteiger partial charge < -0.3 is 10.1 Å². The molecular formula is C18H22BrNO. The number of halogens is 1. The molecule has 0 aliphatic carbocycles. The second-order valence-corrected chi connectivity index (χ2v) is 5.88. The smallest absolute Gasteiger partial charge is 0.124 e. The Balaban J connectivity index is 2.50. The maximum Gasteiger partial charge on any atom is 0.124 e. The fraction of sp³-hybridized carbons (Fsp3) is 0.333. The van der Waals surface area contributed by atoms with Crippen molar-refractivity contribution < 1.29 is 4.74 Å². The molecule has 112 valence electrons. The molecule has 0 bridgehead atoms. The summed E-state index contributed by atoms with van der Waals surface area (Å²) in [5, 5.41) is 3.58. The highest BCUT2D eigenvalue weighted by Crippen LogP contribution is 2.33. The minimum atomic E-state index is 0.134. The van der Waals surface area contributed by atoms with E-state index in [-0.39, 0.29) is 6.04 Å². The van der Waals surface area contributed by atoms with Crippen molar-refractivity contribution in [1.29, 1.82) is 0 Å². The van der Waals surface area contributed by atoms with E-state index in [2.05, 4.69) is 65.4 Å². The topological polar surface area (TPSA) is 21.3 Å². The van der Waals surface area contributed by atoms with E-state index in [0.29, 0.717) is 6.61 Å². The van der Waals surface area contributed by atoms with Crippen LogP contribution in [0.3, 0.4) is 0 Å². The molecule has 21 heavy (non-hydrogen) atoms. The summed E-state index contributed by atoms with van der Waals surface area (Å²) in [4.78, 5) is 0. The number of ether oxygens (including phenoxy) is 1. The van der Waals surface area contributed by atoms with E-state index < -0.39 is 0 Å². The van der Waals surface area contributed by atoms with Gasteiger partial charge in [-0.3, -0.25) is 0 Å². The Bertz CT molecular complexity index is 598. The van der Waals surface area contributed by atoms with E-state index in [1.807, 2.05) is 19.1 Å². The second-order valence-electron chi connectivity index (χ2n) is 4.96. The minimum Gasteiger partial charge on any atom is -0.494 e. The predicted octanol–water partition coefficient (Wildman–Crippen LogP) is 4.86. The summed E-state index contributed by atoms with van der Waals surface area (Å²) in [6.07, 6.45) is 0. The van der Waals surface area contributed by atoms with Crippen molar-refractivity contribution in [1.82, 2.24) is 5.32 Å². The normalized spacial score (nSPS) is 12.2. The molecule has 2 aromatic carbocycles. The van der Waals surface area contributed by atoms with Gasteiger partial charge in [-0.2, -0.15) is 0 Å². The predicted molar refractivity (Wildman–Crippen MR) is 92.0 cm³/mol. The van der Waals surface area contributed by atoms with Gasteiger partial charge in [0.25, 0.3) is 0 Å². The molecule has 2 aromatic rings. The summed E-state index contributed by atoms with van der Waals surface area (Å²) in [6.45, 7) is 7.87. The van der Waals surface area contributed by atoms with Gasteiger partial charge in [-0.1, -0.05) is 47.1 Å². The number of para-hydroxylation sites is 1. The average Bonchev–Trinajstić information content (AvgIpc) is 2.49. The van der Waals surface area contributed by atoms with Crippen LogP contribution < -0.4 is 10.1 Å². The number of hydrogen-bond donors (Lipinski definition) is 1. The zero-order valence-electron chi connectivity index (χ0n) is 12.8. The highest BCUT2D eigenvalue weighted by atomic mass is 79.9. The average molecular weight is 348 g/mol. The summed E-state index contributed by atoms with van der Waals surface area (Å²) in [7, 11) is 0. The van der Waals surface area contributed by atoms with Gasteiger partial charge >= 0.3 is 0 Å². The highest BCUT2D eigenvalue weighted by molar-refractivity contribution is 9.10. The fourth-order valence-corrected chi connectivity index (χ4v) is 2.90. The molecular weight excluding hydrogens is 326 g/mol. The van der Waals surface area contributed by atoms with Crippen LogP contribution in [0.1, 0.15) is 36.6 Å². The molecule has 2 nitrogen and oxygen atoms in total. The summed E-state index contributed by atoms with van der Waals surface area (Å²) in [6, 6.07) is 14.8. The molecule has 2 rings (SSSR count). The lowest BCUT2D eigenvalue weighted by Gasteiger charge is -2.23.